The largest absolute Gasteiger partial charge is 0.322 e. The van der Waals surface area contributed by atoms with Crippen molar-refractivity contribution in [3.8, 4) is 0 Å². The molecule has 1 amide bonds. The molecule has 3 aromatic carbocycles. The second kappa shape index (κ2) is 7.72. The molecule has 0 fully saturated rings. The Morgan fingerprint density at radius 3 is 2.41 bits per heavy atom. The number of amides is 1. The van der Waals surface area contributed by atoms with E-state index in [2.05, 4.69) is 5.32 Å². The van der Waals surface area contributed by atoms with Crippen molar-refractivity contribution < 1.29 is 13.2 Å². The molecule has 3 aromatic rings. The van der Waals surface area contributed by atoms with Gasteiger partial charge >= 0.3 is 0 Å². The molecule has 1 aliphatic rings. The molecular formula is C23H22N2O3S. The van der Waals surface area contributed by atoms with Gasteiger partial charge in [0.25, 0.3) is 15.9 Å². The number of hydrogen-bond acceptors (Lipinski definition) is 3. The zero-order valence-corrected chi connectivity index (χ0v) is 16.9. The summed E-state index contributed by atoms with van der Waals surface area (Å²) in [4.78, 5) is 12.8. The number of benzene rings is 3. The molecule has 0 saturated carbocycles. The summed E-state index contributed by atoms with van der Waals surface area (Å²) >= 11 is 0. The highest BCUT2D eigenvalue weighted by atomic mass is 32.2. The van der Waals surface area contributed by atoms with Crippen molar-refractivity contribution in [2.75, 3.05) is 16.2 Å². The molecule has 29 heavy (non-hydrogen) atoms. The van der Waals surface area contributed by atoms with Gasteiger partial charge in [-0.3, -0.25) is 9.10 Å². The minimum atomic E-state index is -3.61. The summed E-state index contributed by atoms with van der Waals surface area (Å²) in [6, 6.07) is 21.2. The van der Waals surface area contributed by atoms with Crippen molar-refractivity contribution in [3.05, 3.63) is 89.5 Å². The first-order chi connectivity index (χ1) is 13.9. The predicted molar refractivity (Wildman–Crippen MR) is 115 cm³/mol. The maximum Gasteiger partial charge on any atom is 0.264 e. The van der Waals surface area contributed by atoms with Crippen LogP contribution in [-0.4, -0.2) is 20.9 Å². The fourth-order valence-electron chi connectivity index (χ4n) is 3.52. The number of aryl methyl sites for hydroxylation is 2. The molecule has 0 bridgehead atoms. The molecule has 1 heterocycles. The Morgan fingerprint density at radius 2 is 1.69 bits per heavy atom. The van der Waals surface area contributed by atoms with E-state index in [-0.39, 0.29) is 10.8 Å². The van der Waals surface area contributed by atoms with Crippen LogP contribution in [0.25, 0.3) is 0 Å². The van der Waals surface area contributed by atoms with Crippen LogP contribution in [-0.2, 0) is 16.4 Å². The Bertz CT molecular complexity index is 1140. The summed E-state index contributed by atoms with van der Waals surface area (Å²) in [5.41, 5.74) is 3.93. The molecule has 0 aromatic heterocycles. The number of nitrogens with zero attached hydrogens (tertiary/aromatic N) is 1. The molecule has 0 spiro atoms. The van der Waals surface area contributed by atoms with Crippen molar-refractivity contribution >= 4 is 27.3 Å². The van der Waals surface area contributed by atoms with Crippen LogP contribution >= 0.6 is 0 Å². The van der Waals surface area contributed by atoms with Crippen molar-refractivity contribution in [1.82, 2.24) is 0 Å². The van der Waals surface area contributed by atoms with E-state index in [0.717, 1.165) is 24.0 Å². The Morgan fingerprint density at radius 1 is 0.966 bits per heavy atom. The summed E-state index contributed by atoms with van der Waals surface area (Å²) in [5.74, 6) is -0.186. The highest BCUT2D eigenvalue weighted by molar-refractivity contribution is 7.92. The zero-order valence-electron chi connectivity index (χ0n) is 16.1. The molecule has 1 aliphatic heterocycles. The monoisotopic (exact) mass is 406 g/mol. The van der Waals surface area contributed by atoms with Crippen LogP contribution < -0.4 is 9.62 Å². The lowest BCUT2D eigenvalue weighted by atomic mass is 10.0. The van der Waals surface area contributed by atoms with Crippen LogP contribution in [0.5, 0.6) is 0 Å². The number of hydrogen-bond donors (Lipinski definition) is 1. The average Bonchev–Trinajstić information content (AvgIpc) is 2.74. The summed E-state index contributed by atoms with van der Waals surface area (Å²) in [6.45, 7) is 2.42. The topological polar surface area (TPSA) is 66.5 Å². The van der Waals surface area contributed by atoms with Gasteiger partial charge in [0.05, 0.1) is 10.6 Å². The van der Waals surface area contributed by atoms with E-state index in [1.165, 1.54) is 4.31 Å². The summed E-state index contributed by atoms with van der Waals surface area (Å²) in [6.07, 6.45) is 1.50. The third-order valence-electron chi connectivity index (χ3n) is 5.06. The van der Waals surface area contributed by atoms with Gasteiger partial charge in [-0.25, -0.2) is 8.42 Å². The number of carbonyl (C=O) groups excluding carboxylic acids is 1. The summed E-state index contributed by atoms with van der Waals surface area (Å²) in [7, 11) is -3.61. The SMILES string of the molecule is Cc1ccc(C(=O)Nc2ccc3c(c2)CCCN3S(=O)(=O)c2ccccc2)cc1. The molecule has 0 unspecified atom stereocenters. The van der Waals surface area contributed by atoms with Crippen molar-refractivity contribution in [1.29, 1.82) is 0 Å². The van der Waals surface area contributed by atoms with Gasteiger partial charge in [0.15, 0.2) is 0 Å². The van der Waals surface area contributed by atoms with Gasteiger partial charge in [-0.05, 0) is 67.8 Å². The van der Waals surface area contributed by atoms with Crippen molar-refractivity contribution in [2.45, 2.75) is 24.7 Å². The van der Waals surface area contributed by atoms with Crippen LogP contribution in [0.15, 0.2) is 77.7 Å². The average molecular weight is 407 g/mol. The van der Waals surface area contributed by atoms with Crippen LogP contribution in [0.1, 0.15) is 27.9 Å². The number of nitrogens with one attached hydrogen (secondary N) is 1. The lowest BCUT2D eigenvalue weighted by Crippen LogP contribution is -2.35. The minimum Gasteiger partial charge on any atom is -0.322 e. The quantitative estimate of drug-likeness (QED) is 0.699. The Kier molecular flexibility index (Phi) is 5.11. The normalized spacial score (nSPS) is 13.6. The maximum absolute atomic E-state index is 13.1. The van der Waals surface area contributed by atoms with Gasteiger partial charge in [0.2, 0.25) is 0 Å². The predicted octanol–water partition coefficient (Wildman–Crippen LogP) is 4.39. The van der Waals surface area contributed by atoms with Gasteiger partial charge in [-0.1, -0.05) is 35.9 Å². The molecule has 0 saturated heterocycles. The molecule has 5 nitrogen and oxygen atoms in total. The molecule has 6 heteroatoms. The molecule has 148 valence electrons. The van der Waals surface area contributed by atoms with E-state index in [0.29, 0.717) is 23.5 Å². The van der Waals surface area contributed by atoms with Gasteiger partial charge in [-0.2, -0.15) is 0 Å². The van der Waals surface area contributed by atoms with E-state index in [1.807, 2.05) is 25.1 Å². The summed E-state index contributed by atoms with van der Waals surface area (Å²) in [5, 5.41) is 2.91. The number of fused-ring (bicyclic) bond motifs is 1. The van der Waals surface area contributed by atoms with Gasteiger partial charge < -0.3 is 5.32 Å². The zero-order chi connectivity index (χ0) is 20.4. The smallest absolute Gasteiger partial charge is 0.264 e. The highest BCUT2D eigenvalue weighted by Gasteiger charge is 2.29. The molecule has 0 atom stereocenters. The number of anilines is 2. The standard InChI is InChI=1S/C23H22N2O3S/c1-17-9-11-18(12-10-17)23(26)24-20-13-14-22-19(16-20)6-5-15-25(22)29(27,28)21-7-3-2-4-8-21/h2-4,7-14,16H,5-6,15H2,1H3,(H,24,26). The molecule has 4 rings (SSSR count). The first kappa shape index (κ1) is 19.2. The molecule has 1 N–H and O–H groups in total. The fraction of sp³-hybridized carbons (Fsp3) is 0.174. The molecular weight excluding hydrogens is 384 g/mol. The van der Waals surface area contributed by atoms with Crippen LogP contribution in [0.2, 0.25) is 0 Å². The van der Waals surface area contributed by atoms with E-state index in [4.69, 9.17) is 0 Å². The van der Waals surface area contributed by atoms with Crippen LogP contribution in [0.4, 0.5) is 11.4 Å². The van der Waals surface area contributed by atoms with Gasteiger partial charge in [0.1, 0.15) is 0 Å². The Balaban J connectivity index is 1.60. The van der Waals surface area contributed by atoms with Gasteiger partial charge in [-0.15, -0.1) is 0 Å². The Labute approximate surface area is 171 Å². The number of carbonyl (C=O) groups is 1. The van der Waals surface area contributed by atoms with Crippen molar-refractivity contribution in [2.24, 2.45) is 0 Å². The molecule has 0 radical (unpaired) electrons. The number of sulfonamides is 1. The lowest BCUT2D eigenvalue weighted by molar-refractivity contribution is 0.102. The fourth-order valence-corrected chi connectivity index (χ4v) is 5.08. The summed E-state index contributed by atoms with van der Waals surface area (Å²) < 4.78 is 27.6. The second-order valence-corrected chi connectivity index (χ2v) is 9.02. The maximum atomic E-state index is 13.1. The second-order valence-electron chi connectivity index (χ2n) is 7.16. The van der Waals surface area contributed by atoms with Gasteiger partial charge in [0, 0.05) is 17.8 Å². The third-order valence-corrected chi connectivity index (χ3v) is 6.89. The van der Waals surface area contributed by atoms with E-state index in [9.17, 15) is 13.2 Å². The van der Waals surface area contributed by atoms with Crippen molar-refractivity contribution in [3.63, 3.8) is 0 Å². The first-order valence-corrected chi connectivity index (χ1v) is 11.0. The van der Waals surface area contributed by atoms with Crippen LogP contribution in [0, 0.1) is 6.92 Å². The minimum absolute atomic E-state index is 0.186. The van der Waals surface area contributed by atoms with E-state index in [1.54, 1.807) is 54.6 Å². The van der Waals surface area contributed by atoms with E-state index < -0.39 is 10.0 Å². The third kappa shape index (κ3) is 3.89. The lowest BCUT2D eigenvalue weighted by Gasteiger charge is -2.30. The Hall–Kier alpha value is -3.12. The molecule has 0 aliphatic carbocycles. The first-order valence-electron chi connectivity index (χ1n) is 9.54. The number of rotatable bonds is 4. The van der Waals surface area contributed by atoms with Crippen LogP contribution in [0.3, 0.4) is 0 Å². The highest BCUT2D eigenvalue weighted by Crippen LogP contribution is 2.33. The van der Waals surface area contributed by atoms with E-state index >= 15 is 0 Å².